The van der Waals surface area contributed by atoms with Crippen LogP contribution in [0.5, 0.6) is 0 Å². The highest BCUT2D eigenvalue weighted by Gasteiger charge is 2.42. The van der Waals surface area contributed by atoms with Gasteiger partial charge in [-0.1, -0.05) is 42.0 Å². The zero-order valence-electron chi connectivity index (χ0n) is 17.7. The van der Waals surface area contributed by atoms with Crippen molar-refractivity contribution < 1.29 is 36.3 Å². The third kappa shape index (κ3) is 5.55. The lowest BCUT2D eigenvalue weighted by Gasteiger charge is -2.34. The largest absolute Gasteiger partial charge is 0.333 e. The minimum absolute atomic E-state index is 0.295. The molecule has 0 spiro atoms. The molecule has 1 saturated heterocycles. The smallest absolute Gasteiger partial charge is 0.274 e. The molecule has 0 aromatic heterocycles. The molecule has 0 aliphatic carbocycles. The first-order chi connectivity index (χ1) is 15.4. The minimum Gasteiger partial charge on any atom is -0.274 e. The van der Waals surface area contributed by atoms with E-state index in [9.17, 15) is 36.3 Å². The van der Waals surface area contributed by atoms with E-state index in [4.69, 9.17) is 0 Å². The van der Waals surface area contributed by atoms with E-state index in [0.29, 0.717) is 9.80 Å². The van der Waals surface area contributed by atoms with Crippen molar-refractivity contribution in [2.75, 3.05) is 13.1 Å². The molecule has 10 heteroatoms. The zero-order valence-corrected chi connectivity index (χ0v) is 17.7. The van der Waals surface area contributed by atoms with Crippen molar-refractivity contribution >= 4 is 17.8 Å². The van der Waals surface area contributed by atoms with Gasteiger partial charge >= 0.3 is 6.03 Å². The summed E-state index contributed by atoms with van der Waals surface area (Å²) >= 11 is 0. The third-order valence-corrected chi connectivity index (χ3v) is 5.41. The molecule has 1 aliphatic rings. The summed E-state index contributed by atoms with van der Waals surface area (Å²) in [7, 11) is 0. The standard InChI is InChI=1S/C23H21F5N2O3/c1-15-2-4-16(5-3-15)22(25,26)10-12-29-19(31)14-20(32)30(21(29)33)13-11-23(27,28)17-6-8-18(24)9-7-17/h2-9H,10-14H2,1H3. The summed E-state index contributed by atoms with van der Waals surface area (Å²) in [5.41, 5.74) is -0.0223. The number of amides is 4. The van der Waals surface area contributed by atoms with Crippen molar-refractivity contribution in [2.45, 2.75) is 38.0 Å². The number of alkyl halides is 4. The molecule has 5 nitrogen and oxygen atoms in total. The number of urea groups is 1. The molecular formula is C23H21F5N2O3. The van der Waals surface area contributed by atoms with Crippen LogP contribution in [-0.4, -0.2) is 40.7 Å². The fraction of sp³-hybridized carbons (Fsp3) is 0.348. The summed E-state index contributed by atoms with van der Waals surface area (Å²) in [5, 5.41) is 0. The first kappa shape index (κ1) is 24.3. The van der Waals surface area contributed by atoms with Crippen molar-refractivity contribution in [3.63, 3.8) is 0 Å². The normalized spacial score (nSPS) is 15.4. The number of benzene rings is 2. The van der Waals surface area contributed by atoms with Crippen molar-refractivity contribution in [3.05, 3.63) is 71.0 Å². The molecule has 176 valence electrons. The first-order valence-corrected chi connectivity index (χ1v) is 10.1. The lowest BCUT2D eigenvalue weighted by atomic mass is 10.0. The van der Waals surface area contributed by atoms with E-state index in [-0.39, 0.29) is 5.56 Å². The number of carbonyl (C=O) groups is 3. The van der Waals surface area contributed by atoms with Gasteiger partial charge in [0.2, 0.25) is 11.8 Å². The van der Waals surface area contributed by atoms with Crippen LogP contribution in [0, 0.1) is 12.7 Å². The molecule has 4 amide bonds. The molecule has 0 bridgehead atoms. The molecule has 33 heavy (non-hydrogen) atoms. The molecule has 3 rings (SSSR count). The Kier molecular flexibility index (Phi) is 6.85. The van der Waals surface area contributed by atoms with Gasteiger partial charge in [-0.2, -0.15) is 0 Å². The van der Waals surface area contributed by atoms with E-state index in [1.54, 1.807) is 6.92 Å². The quantitative estimate of drug-likeness (QED) is 0.406. The maximum absolute atomic E-state index is 14.5. The molecule has 1 aliphatic heterocycles. The number of carbonyl (C=O) groups excluding carboxylic acids is 3. The summed E-state index contributed by atoms with van der Waals surface area (Å²) in [6.07, 6.45) is -2.65. The van der Waals surface area contributed by atoms with Gasteiger partial charge in [0.05, 0.1) is 0 Å². The lowest BCUT2D eigenvalue weighted by Crippen LogP contribution is -2.56. The topological polar surface area (TPSA) is 57.7 Å². The summed E-state index contributed by atoms with van der Waals surface area (Å²) in [6.45, 7) is 0.315. The number of imide groups is 2. The average Bonchev–Trinajstić information content (AvgIpc) is 2.73. The summed E-state index contributed by atoms with van der Waals surface area (Å²) in [4.78, 5) is 37.8. The molecule has 1 fully saturated rings. The maximum Gasteiger partial charge on any atom is 0.333 e. The van der Waals surface area contributed by atoms with Crippen molar-refractivity contribution in [3.8, 4) is 0 Å². The average molecular weight is 468 g/mol. The van der Waals surface area contributed by atoms with Crippen molar-refractivity contribution in [1.29, 1.82) is 0 Å². The number of hydrogen-bond acceptors (Lipinski definition) is 3. The molecule has 2 aromatic rings. The van der Waals surface area contributed by atoms with Gasteiger partial charge < -0.3 is 0 Å². The predicted octanol–water partition coefficient (Wildman–Crippen LogP) is 4.98. The van der Waals surface area contributed by atoms with E-state index in [1.807, 2.05) is 0 Å². The van der Waals surface area contributed by atoms with E-state index in [2.05, 4.69) is 0 Å². The van der Waals surface area contributed by atoms with Crippen LogP contribution in [0.25, 0.3) is 0 Å². The molecule has 0 atom stereocenters. The number of nitrogens with zero attached hydrogens (tertiary/aromatic N) is 2. The fourth-order valence-electron chi connectivity index (χ4n) is 3.40. The summed E-state index contributed by atoms with van der Waals surface area (Å²) in [5.74, 6) is -9.49. The lowest BCUT2D eigenvalue weighted by molar-refractivity contribution is -0.143. The van der Waals surface area contributed by atoms with Gasteiger partial charge in [-0.25, -0.2) is 26.7 Å². The molecule has 2 aromatic carbocycles. The highest BCUT2D eigenvalue weighted by Crippen LogP contribution is 2.34. The molecular weight excluding hydrogens is 447 g/mol. The van der Waals surface area contributed by atoms with Gasteiger partial charge in [0.25, 0.3) is 11.8 Å². The highest BCUT2D eigenvalue weighted by atomic mass is 19.3. The number of hydrogen-bond donors (Lipinski definition) is 0. The Balaban J connectivity index is 1.67. The van der Waals surface area contributed by atoms with Crippen LogP contribution in [0.2, 0.25) is 0 Å². The van der Waals surface area contributed by atoms with E-state index in [1.165, 1.54) is 24.3 Å². The fourth-order valence-corrected chi connectivity index (χ4v) is 3.40. The Hall–Kier alpha value is -3.30. The van der Waals surface area contributed by atoms with Gasteiger partial charge in [0, 0.05) is 37.1 Å². The van der Waals surface area contributed by atoms with Crippen LogP contribution in [0.3, 0.4) is 0 Å². The van der Waals surface area contributed by atoms with Crippen LogP contribution in [0.4, 0.5) is 26.7 Å². The Morgan fingerprint density at radius 1 is 0.727 bits per heavy atom. The summed E-state index contributed by atoms with van der Waals surface area (Å²) < 4.78 is 70.9. The molecule has 0 radical (unpaired) electrons. The minimum atomic E-state index is -3.49. The van der Waals surface area contributed by atoms with Crippen LogP contribution >= 0.6 is 0 Å². The Labute approximate surface area is 186 Å². The predicted molar refractivity (Wildman–Crippen MR) is 108 cm³/mol. The monoisotopic (exact) mass is 468 g/mol. The van der Waals surface area contributed by atoms with Crippen LogP contribution in [-0.2, 0) is 21.4 Å². The zero-order chi connectivity index (χ0) is 24.4. The second kappa shape index (κ2) is 9.29. The van der Waals surface area contributed by atoms with E-state index in [0.717, 1.165) is 29.8 Å². The Morgan fingerprint density at radius 2 is 1.12 bits per heavy atom. The van der Waals surface area contributed by atoms with E-state index < -0.39 is 73.4 Å². The number of aryl methyl sites for hydroxylation is 1. The van der Waals surface area contributed by atoms with Crippen LogP contribution in [0.15, 0.2) is 48.5 Å². The third-order valence-electron chi connectivity index (χ3n) is 5.41. The van der Waals surface area contributed by atoms with Gasteiger partial charge in [-0.15, -0.1) is 0 Å². The summed E-state index contributed by atoms with van der Waals surface area (Å²) in [6, 6.07) is 7.75. The van der Waals surface area contributed by atoms with Crippen LogP contribution < -0.4 is 0 Å². The van der Waals surface area contributed by atoms with Gasteiger partial charge in [-0.3, -0.25) is 19.4 Å². The van der Waals surface area contributed by atoms with Crippen molar-refractivity contribution in [1.82, 2.24) is 9.80 Å². The molecule has 0 N–H and O–H groups in total. The number of rotatable bonds is 8. The number of barbiturate groups is 1. The highest BCUT2D eigenvalue weighted by molar-refractivity contribution is 6.14. The molecule has 1 heterocycles. The SMILES string of the molecule is Cc1ccc(C(F)(F)CCN2C(=O)CC(=O)N(CCC(F)(F)c3ccc(F)cc3)C2=O)cc1. The Bertz CT molecular complexity index is 958. The van der Waals surface area contributed by atoms with E-state index >= 15 is 0 Å². The van der Waals surface area contributed by atoms with Crippen molar-refractivity contribution in [2.24, 2.45) is 0 Å². The first-order valence-electron chi connectivity index (χ1n) is 10.1. The van der Waals surface area contributed by atoms with Gasteiger partial charge in [-0.05, 0) is 19.1 Å². The molecule has 0 unspecified atom stereocenters. The second-order valence-electron chi connectivity index (χ2n) is 7.83. The Morgan fingerprint density at radius 3 is 1.55 bits per heavy atom. The number of halogens is 5. The maximum atomic E-state index is 14.5. The molecule has 0 saturated carbocycles. The second-order valence-corrected chi connectivity index (χ2v) is 7.83. The van der Waals surface area contributed by atoms with Gasteiger partial charge in [0.1, 0.15) is 12.2 Å². The van der Waals surface area contributed by atoms with Gasteiger partial charge in [0.15, 0.2) is 0 Å². The van der Waals surface area contributed by atoms with Crippen LogP contribution in [0.1, 0.15) is 36.0 Å².